The molecule has 0 fully saturated rings. The first kappa shape index (κ1) is 12.3. The van der Waals surface area contributed by atoms with Gasteiger partial charge in [-0.1, -0.05) is 36.4 Å². The van der Waals surface area contributed by atoms with Crippen LogP contribution in [0.2, 0.25) is 0 Å². The number of ether oxygens (including phenoxy) is 1. The van der Waals surface area contributed by atoms with Gasteiger partial charge < -0.3 is 4.74 Å². The molecule has 0 aliphatic heterocycles. The van der Waals surface area contributed by atoms with Crippen LogP contribution in [0.3, 0.4) is 0 Å². The largest absolute Gasteiger partial charge is 0.497 e. The molecule has 0 radical (unpaired) electrons. The Kier molecular flexibility index (Phi) is 3.29. The molecule has 1 aromatic rings. The van der Waals surface area contributed by atoms with Crippen molar-refractivity contribution in [3.8, 4) is 0 Å². The van der Waals surface area contributed by atoms with Crippen LogP contribution in [0.4, 0.5) is 0 Å². The molecule has 0 saturated heterocycles. The highest BCUT2D eigenvalue weighted by Crippen LogP contribution is 2.37. The Balaban J connectivity index is 1.93. The molecule has 0 spiro atoms. The summed E-state index contributed by atoms with van der Waals surface area (Å²) in [6.07, 6.45) is 10.4. The van der Waals surface area contributed by atoms with Crippen molar-refractivity contribution in [2.45, 2.75) is 26.2 Å². The van der Waals surface area contributed by atoms with Crippen molar-refractivity contribution < 1.29 is 4.74 Å². The molecule has 0 amide bonds. The molecule has 2 aliphatic carbocycles. The first-order valence-corrected chi connectivity index (χ1v) is 7.01. The van der Waals surface area contributed by atoms with Crippen molar-refractivity contribution in [3.05, 3.63) is 65.0 Å². The van der Waals surface area contributed by atoms with Gasteiger partial charge in [-0.15, -0.1) is 0 Å². The van der Waals surface area contributed by atoms with E-state index < -0.39 is 0 Å². The fourth-order valence-electron chi connectivity index (χ4n) is 3.17. The zero-order chi connectivity index (χ0) is 13.2. The number of allylic oxidation sites excluding steroid dienone is 5. The van der Waals surface area contributed by atoms with Crippen molar-refractivity contribution in [2.24, 2.45) is 5.92 Å². The van der Waals surface area contributed by atoms with E-state index in [1.54, 1.807) is 7.11 Å². The van der Waals surface area contributed by atoms with Crippen LogP contribution in [-0.2, 0) is 11.2 Å². The molecule has 98 valence electrons. The predicted octanol–water partition coefficient (Wildman–Crippen LogP) is 4.51. The van der Waals surface area contributed by atoms with Gasteiger partial charge in [0.05, 0.1) is 7.11 Å². The predicted molar refractivity (Wildman–Crippen MR) is 79.7 cm³/mol. The Morgan fingerprint density at radius 1 is 1.16 bits per heavy atom. The Bertz CT molecular complexity index is 575. The highest BCUT2D eigenvalue weighted by Gasteiger charge is 2.21. The van der Waals surface area contributed by atoms with Crippen LogP contribution in [-0.4, -0.2) is 7.11 Å². The molecule has 1 atom stereocenters. The highest BCUT2D eigenvalue weighted by atomic mass is 16.5. The summed E-state index contributed by atoms with van der Waals surface area (Å²) in [4.78, 5) is 0. The maximum atomic E-state index is 5.38. The number of methoxy groups -OCH3 is 1. The zero-order valence-corrected chi connectivity index (χ0v) is 11.6. The van der Waals surface area contributed by atoms with Gasteiger partial charge in [0.2, 0.25) is 0 Å². The van der Waals surface area contributed by atoms with Crippen molar-refractivity contribution in [1.29, 1.82) is 0 Å². The van der Waals surface area contributed by atoms with Crippen LogP contribution in [0.15, 0.2) is 53.8 Å². The second-order valence-corrected chi connectivity index (χ2v) is 5.32. The Hall–Kier alpha value is -1.76. The smallest absolute Gasteiger partial charge is 0.117 e. The molecule has 0 N–H and O–H groups in total. The first-order chi connectivity index (χ1) is 9.29. The number of rotatable bonds is 2. The fraction of sp³-hybridized carbons (Fsp3) is 0.333. The summed E-state index contributed by atoms with van der Waals surface area (Å²) in [5, 5.41) is 0. The molecule has 1 aromatic carbocycles. The van der Waals surface area contributed by atoms with E-state index in [1.165, 1.54) is 28.7 Å². The molecule has 1 heteroatoms. The van der Waals surface area contributed by atoms with E-state index >= 15 is 0 Å². The lowest BCUT2D eigenvalue weighted by Crippen LogP contribution is -2.10. The normalized spacial score (nSPS) is 22.0. The van der Waals surface area contributed by atoms with E-state index in [0.29, 0.717) is 5.92 Å². The lowest BCUT2D eigenvalue weighted by atomic mass is 9.80. The third-order valence-electron chi connectivity index (χ3n) is 4.12. The summed E-state index contributed by atoms with van der Waals surface area (Å²) >= 11 is 0. The van der Waals surface area contributed by atoms with E-state index in [9.17, 15) is 0 Å². The van der Waals surface area contributed by atoms with Crippen molar-refractivity contribution in [2.75, 3.05) is 7.11 Å². The number of benzene rings is 1. The van der Waals surface area contributed by atoms with Gasteiger partial charge in [0.25, 0.3) is 0 Å². The van der Waals surface area contributed by atoms with Crippen molar-refractivity contribution >= 4 is 5.57 Å². The topological polar surface area (TPSA) is 9.23 Å². The number of fused-ring (bicyclic) bond motifs is 1. The molecular weight excluding hydrogens is 232 g/mol. The molecule has 0 heterocycles. The lowest BCUT2D eigenvalue weighted by Gasteiger charge is -2.26. The van der Waals surface area contributed by atoms with Gasteiger partial charge in [-0.2, -0.15) is 0 Å². The van der Waals surface area contributed by atoms with Gasteiger partial charge in [-0.3, -0.25) is 0 Å². The molecule has 0 saturated carbocycles. The van der Waals surface area contributed by atoms with E-state index in [-0.39, 0.29) is 0 Å². The molecular formula is C18H20O. The minimum atomic E-state index is 0.500. The molecule has 0 bridgehead atoms. The van der Waals surface area contributed by atoms with E-state index in [1.807, 2.05) is 0 Å². The van der Waals surface area contributed by atoms with Gasteiger partial charge in [0.1, 0.15) is 5.76 Å². The Morgan fingerprint density at radius 2 is 2.00 bits per heavy atom. The van der Waals surface area contributed by atoms with Crippen molar-refractivity contribution in [1.82, 2.24) is 0 Å². The quantitative estimate of drug-likeness (QED) is 0.752. The van der Waals surface area contributed by atoms with Gasteiger partial charge in [-0.25, -0.2) is 0 Å². The Labute approximate surface area is 115 Å². The molecule has 3 rings (SSSR count). The van der Waals surface area contributed by atoms with Crippen LogP contribution < -0.4 is 0 Å². The van der Waals surface area contributed by atoms with Gasteiger partial charge in [-0.05, 0) is 54.5 Å². The molecule has 0 aromatic heterocycles. The summed E-state index contributed by atoms with van der Waals surface area (Å²) < 4.78 is 5.38. The number of hydrogen-bond acceptors (Lipinski definition) is 1. The van der Waals surface area contributed by atoms with Gasteiger partial charge >= 0.3 is 0 Å². The minimum absolute atomic E-state index is 0.500. The van der Waals surface area contributed by atoms with Crippen LogP contribution in [0.1, 0.15) is 30.9 Å². The molecule has 1 nitrogen and oxygen atoms in total. The third kappa shape index (κ3) is 2.25. The summed E-state index contributed by atoms with van der Waals surface area (Å²) in [5.41, 5.74) is 5.68. The van der Waals surface area contributed by atoms with E-state index in [2.05, 4.69) is 49.4 Å². The molecule has 19 heavy (non-hydrogen) atoms. The highest BCUT2D eigenvalue weighted by molar-refractivity contribution is 5.73. The average molecular weight is 252 g/mol. The van der Waals surface area contributed by atoms with Crippen molar-refractivity contribution in [3.63, 3.8) is 0 Å². The maximum absolute atomic E-state index is 5.38. The maximum Gasteiger partial charge on any atom is 0.117 e. The standard InChI is InChI=1S/C18H20O/c1-13-12-15(10-11-18(13)19-2)17-9-5-7-14-6-3-4-8-16(14)17/h3-4,6,8-9,11-12,15H,5,7,10H2,1-2H3. The number of aryl methyl sites for hydroxylation is 1. The van der Waals surface area contributed by atoms with Gasteiger partial charge in [0, 0.05) is 5.92 Å². The van der Waals surface area contributed by atoms with Gasteiger partial charge in [0.15, 0.2) is 0 Å². The Morgan fingerprint density at radius 3 is 2.79 bits per heavy atom. The van der Waals surface area contributed by atoms with Crippen LogP contribution in [0.5, 0.6) is 0 Å². The van der Waals surface area contributed by atoms with E-state index in [0.717, 1.165) is 18.6 Å². The SMILES string of the molecule is COC1=CCC(C2=CCCc3ccccc32)C=C1C. The second kappa shape index (κ2) is 5.08. The fourth-order valence-corrected chi connectivity index (χ4v) is 3.17. The lowest BCUT2D eigenvalue weighted by molar-refractivity contribution is 0.296. The summed E-state index contributed by atoms with van der Waals surface area (Å²) in [6.45, 7) is 2.14. The summed E-state index contributed by atoms with van der Waals surface area (Å²) in [6, 6.07) is 8.82. The van der Waals surface area contributed by atoms with Crippen LogP contribution >= 0.6 is 0 Å². The zero-order valence-electron chi connectivity index (χ0n) is 11.6. The number of hydrogen-bond donors (Lipinski definition) is 0. The summed E-state index contributed by atoms with van der Waals surface area (Å²) in [7, 11) is 1.75. The first-order valence-electron chi connectivity index (χ1n) is 7.01. The summed E-state index contributed by atoms with van der Waals surface area (Å²) in [5.74, 6) is 1.53. The van der Waals surface area contributed by atoms with Crippen LogP contribution in [0, 0.1) is 5.92 Å². The second-order valence-electron chi connectivity index (χ2n) is 5.32. The average Bonchev–Trinajstić information content (AvgIpc) is 2.46. The molecule has 1 unspecified atom stereocenters. The van der Waals surface area contributed by atoms with E-state index in [4.69, 9.17) is 4.74 Å². The minimum Gasteiger partial charge on any atom is -0.497 e. The van der Waals surface area contributed by atoms with Crippen LogP contribution in [0.25, 0.3) is 5.57 Å². The monoisotopic (exact) mass is 252 g/mol. The molecule has 2 aliphatic rings. The third-order valence-corrected chi connectivity index (χ3v) is 4.12.